The first-order valence-corrected chi connectivity index (χ1v) is 6.88. The van der Waals surface area contributed by atoms with Crippen LogP contribution in [0.1, 0.15) is 23.7 Å². The molecule has 0 saturated heterocycles. The van der Waals surface area contributed by atoms with Gasteiger partial charge in [-0.25, -0.2) is 8.78 Å². The van der Waals surface area contributed by atoms with Crippen molar-refractivity contribution in [2.45, 2.75) is 19.4 Å². The van der Waals surface area contributed by atoms with Gasteiger partial charge in [0.25, 0.3) is 0 Å². The summed E-state index contributed by atoms with van der Waals surface area (Å²) < 4.78 is 32.2. The van der Waals surface area contributed by atoms with E-state index in [4.69, 9.17) is 16.3 Å². The van der Waals surface area contributed by atoms with E-state index in [0.29, 0.717) is 12.3 Å². The third-order valence-electron chi connectivity index (χ3n) is 2.98. The second-order valence-electron chi connectivity index (χ2n) is 4.57. The molecule has 2 rings (SSSR count). The van der Waals surface area contributed by atoms with Crippen molar-refractivity contribution in [2.24, 2.45) is 0 Å². The topological polar surface area (TPSA) is 9.23 Å². The van der Waals surface area contributed by atoms with Gasteiger partial charge in [-0.2, -0.15) is 0 Å². The van der Waals surface area contributed by atoms with Crippen molar-refractivity contribution < 1.29 is 13.5 Å². The molecular formula is C16H15ClF2O. The van der Waals surface area contributed by atoms with Crippen molar-refractivity contribution in [2.75, 3.05) is 5.88 Å². The molecule has 0 amide bonds. The van der Waals surface area contributed by atoms with Gasteiger partial charge >= 0.3 is 0 Å². The quantitative estimate of drug-likeness (QED) is 0.704. The van der Waals surface area contributed by atoms with Crippen LogP contribution in [0.15, 0.2) is 42.5 Å². The Morgan fingerprint density at radius 1 is 1.10 bits per heavy atom. The predicted octanol–water partition coefficient (Wildman–Crippen LogP) is 5.02. The third kappa shape index (κ3) is 3.70. The number of rotatable bonds is 5. The average Bonchev–Trinajstić information content (AvgIpc) is 2.42. The molecule has 0 saturated carbocycles. The van der Waals surface area contributed by atoms with Crippen LogP contribution in [0.2, 0.25) is 0 Å². The maximum Gasteiger partial charge on any atom is 0.168 e. The maximum absolute atomic E-state index is 13.6. The van der Waals surface area contributed by atoms with Crippen LogP contribution < -0.4 is 4.74 Å². The lowest BCUT2D eigenvalue weighted by atomic mass is 10.1. The Morgan fingerprint density at radius 2 is 1.80 bits per heavy atom. The molecule has 1 atom stereocenters. The summed E-state index contributed by atoms with van der Waals surface area (Å²) in [6.45, 7) is 1.99. The highest BCUT2D eigenvalue weighted by atomic mass is 35.5. The lowest BCUT2D eigenvalue weighted by Crippen LogP contribution is -2.09. The Kier molecular flexibility index (Phi) is 4.96. The molecule has 20 heavy (non-hydrogen) atoms. The molecule has 0 aliphatic carbocycles. The standard InChI is InChI=1S/C16H15ClF2O/c1-11-2-4-12(5-3-11)15(8-9-17)20-16-7-6-13(18)10-14(16)19/h2-7,10,15H,8-9H2,1H3/t15-/m1/s1. The van der Waals surface area contributed by atoms with Crippen molar-refractivity contribution in [1.29, 1.82) is 0 Å². The Balaban J connectivity index is 2.22. The van der Waals surface area contributed by atoms with E-state index in [1.54, 1.807) is 0 Å². The van der Waals surface area contributed by atoms with E-state index < -0.39 is 11.6 Å². The summed E-state index contributed by atoms with van der Waals surface area (Å²) in [6, 6.07) is 11.0. The molecule has 2 aromatic carbocycles. The Hall–Kier alpha value is -1.61. The molecule has 2 aromatic rings. The van der Waals surface area contributed by atoms with Gasteiger partial charge in [0, 0.05) is 18.4 Å². The zero-order valence-corrected chi connectivity index (χ0v) is 11.8. The van der Waals surface area contributed by atoms with Crippen LogP contribution in [0.3, 0.4) is 0 Å². The van der Waals surface area contributed by atoms with Gasteiger partial charge in [0.05, 0.1) is 0 Å². The molecule has 0 heterocycles. The molecule has 0 N–H and O–H groups in total. The highest BCUT2D eigenvalue weighted by Crippen LogP contribution is 2.28. The molecule has 4 heteroatoms. The normalized spacial score (nSPS) is 12.2. The summed E-state index contributed by atoms with van der Waals surface area (Å²) in [4.78, 5) is 0. The van der Waals surface area contributed by atoms with Crippen LogP contribution in [0.25, 0.3) is 0 Å². The zero-order chi connectivity index (χ0) is 14.5. The smallest absolute Gasteiger partial charge is 0.168 e. The SMILES string of the molecule is Cc1ccc([C@@H](CCCl)Oc2ccc(F)cc2F)cc1. The van der Waals surface area contributed by atoms with Crippen LogP contribution in [-0.2, 0) is 0 Å². The summed E-state index contributed by atoms with van der Waals surface area (Å²) in [6.07, 6.45) is 0.189. The Morgan fingerprint density at radius 3 is 2.40 bits per heavy atom. The zero-order valence-electron chi connectivity index (χ0n) is 11.1. The molecule has 1 nitrogen and oxygen atoms in total. The molecule has 0 spiro atoms. The third-order valence-corrected chi connectivity index (χ3v) is 3.20. The number of hydrogen-bond acceptors (Lipinski definition) is 1. The van der Waals surface area contributed by atoms with Gasteiger partial charge in [0.2, 0.25) is 0 Å². The van der Waals surface area contributed by atoms with Crippen molar-refractivity contribution in [1.82, 2.24) is 0 Å². The van der Waals surface area contributed by atoms with Gasteiger partial charge in [-0.15, -0.1) is 11.6 Å². The lowest BCUT2D eigenvalue weighted by Gasteiger charge is -2.19. The number of benzene rings is 2. The summed E-state index contributed by atoms with van der Waals surface area (Å²) in [7, 11) is 0. The monoisotopic (exact) mass is 296 g/mol. The summed E-state index contributed by atoms with van der Waals surface area (Å²) >= 11 is 5.77. The Labute approximate surface area is 122 Å². The number of alkyl halides is 1. The van der Waals surface area contributed by atoms with E-state index in [9.17, 15) is 8.78 Å². The minimum atomic E-state index is -0.711. The molecule has 106 valence electrons. The summed E-state index contributed by atoms with van der Waals surface area (Å²) in [5, 5.41) is 0. The van der Waals surface area contributed by atoms with Crippen molar-refractivity contribution >= 4 is 11.6 Å². The van der Waals surface area contributed by atoms with Gasteiger partial charge in [0.1, 0.15) is 11.9 Å². The lowest BCUT2D eigenvalue weighted by molar-refractivity contribution is 0.193. The van der Waals surface area contributed by atoms with E-state index >= 15 is 0 Å². The minimum Gasteiger partial charge on any atom is -0.483 e. The van der Waals surface area contributed by atoms with Gasteiger partial charge in [-0.05, 0) is 24.6 Å². The molecule has 0 aliphatic rings. The van der Waals surface area contributed by atoms with Crippen LogP contribution in [-0.4, -0.2) is 5.88 Å². The van der Waals surface area contributed by atoms with Crippen LogP contribution in [0, 0.1) is 18.6 Å². The van der Waals surface area contributed by atoms with Gasteiger partial charge < -0.3 is 4.74 Å². The van der Waals surface area contributed by atoms with E-state index in [1.807, 2.05) is 31.2 Å². The highest BCUT2D eigenvalue weighted by molar-refractivity contribution is 6.17. The van der Waals surface area contributed by atoms with Crippen molar-refractivity contribution in [3.63, 3.8) is 0 Å². The highest BCUT2D eigenvalue weighted by Gasteiger charge is 2.15. The van der Waals surface area contributed by atoms with E-state index in [2.05, 4.69) is 0 Å². The second-order valence-corrected chi connectivity index (χ2v) is 4.95. The van der Waals surface area contributed by atoms with Crippen molar-refractivity contribution in [3.05, 3.63) is 65.2 Å². The summed E-state index contributed by atoms with van der Waals surface area (Å²) in [5.41, 5.74) is 2.05. The van der Waals surface area contributed by atoms with Crippen LogP contribution in [0.4, 0.5) is 8.78 Å². The largest absolute Gasteiger partial charge is 0.483 e. The first-order chi connectivity index (χ1) is 9.60. The van der Waals surface area contributed by atoms with E-state index in [0.717, 1.165) is 17.2 Å². The molecule has 0 aromatic heterocycles. The van der Waals surface area contributed by atoms with Crippen LogP contribution >= 0.6 is 11.6 Å². The maximum atomic E-state index is 13.6. The fraction of sp³-hybridized carbons (Fsp3) is 0.250. The number of ether oxygens (including phenoxy) is 1. The minimum absolute atomic E-state index is 0.0297. The Bertz CT molecular complexity index is 569. The first-order valence-electron chi connectivity index (χ1n) is 6.34. The number of aryl methyl sites for hydroxylation is 1. The molecule has 0 fully saturated rings. The molecular weight excluding hydrogens is 282 g/mol. The fourth-order valence-corrected chi connectivity index (χ4v) is 2.10. The van der Waals surface area contributed by atoms with Crippen LogP contribution in [0.5, 0.6) is 5.75 Å². The second kappa shape index (κ2) is 6.71. The molecule has 0 aliphatic heterocycles. The first kappa shape index (κ1) is 14.8. The fourth-order valence-electron chi connectivity index (χ4n) is 1.90. The van der Waals surface area contributed by atoms with Crippen molar-refractivity contribution in [3.8, 4) is 5.75 Å². The number of hydrogen-bond donors (Lipinski definition) is 0. The summed E-state index contributed by atoms with van der Waals surface area (Å²) in [5.74, 6) is -0.917. The van der Waals surface area contributed by atoms with Gasteiger partial charge in [-0.3, -0.25) is 0 Å². The van der Waals surface area contributed by atoms with E-state index in [-0.39, 0.29) is 11.9 Å². The van der Waals surface area contributed by atoms with E-state index in [1.165, 1.54) is 12.1 Å². The van der Waals surface area contributed by atoms with Gasteiger partial charge in [0.15, 0.2) is 11.6 Å². The average molecular weight is 297 g/mol. The number of halogens is 3. The predicted molar refractivity (Wildman–Crippen MR) is 76.2 cm³/mol. The van der Waals surface area contributed by atoms with Gasteiger partial charge in [-0.1, -0.05) is 29.8 Å². The molecule has 0 bridgehead atoms. The molecule has 0 radical (unpaired) electrons. The molecule has 0 unspecified atom stereocenters.